The first-order valence-corrected chi connectivity index (χ1v) is 13.0. The highest BCUT2D eigenvalue weighted by Gasteiger charge is 2.13. The lowest BCUT2D eigenvalue weighted by atomic mass is 10.2. The third kappa shape index (κ3) is 11.3. The van der Waals surface area contributed by atoms with Crippen LogP contribution in [0, 0.1) is 16.0 Å². The average molecular weight is 458 g/mol. The summed E-state index contributed by atoms with van der Waals surface area (Å²) in [5, 5.41) is 15.2. The third-order valence-electron chi connectivity index (χ3n) is 4.39. The Morgan fingerprint density at radius 2 is 2.10 bits per heavy atom. The molecule has 0 aliphatic heterocycles. The molecular formula is C21H39N5O2S2. The molecule has 0 bridgehead atoms. The van der Waals surface area contributed by atoms with Crippen LogP contribution in [-0.2, 0) is 18.7 Å². The fourth-order valence-electron chi connectivity index (χ4n) is 2.91. The van der Waals surface area contributed by atoms with Gasteiger partial charge in [-0.25, -0.2) is 4.98 Å². The second kappa shape index (κ2) is 15.6. The first-order chi connectivity index (χ1) is 14.4. The van der Waals surface area contributed by atoms with Gasteiger partial charge in [-0.15, -0.1) is 11.3 Å². The van der Waals surface area contributed by atoms with E-state index >= 15 is 0 Å². The molecule has 1 aromatic rings. The monoisotopic (exact) mass is 457 g/mol. The van der Waals surface area contributed by atoms with Gasteiger partial charge in [-0.2, -0.15) is 11.8 Å². The highest BCUT2D eigenvalue weighted by Crippen LogP contribution is 2.25. The van der Waals surface area contributed by atoms with Crippen molar-refractivity contribution in [3.63, 3.8) is 0 Å². The Morgan fingerprint density at radius 3 is 2.70 bits per heavy atom. The predicted molar refractivity (Wildman–Crippen MR) is 131 cm³/mol. The number of nitro groups is 1. The second-order valence-corrected chi connectivity index (χ2v) is 10.0. The number of aliphatic imine (C=N–C) groups is 1. The molecule has 1 aromatic heterocycles. The molecule has 1 rings (SSSR count). The number of thioether (sulfide) groups is 1. The zero-order valence-electron chi connectivity index (χ0n) is 19.3. The summed E-state index contributed by atoms with van der Waals surface area (Å²) in [6.45, 7) is 14.9. The molecule has 30 heavy (non-hydrogen) atoms. The second-order valence-electron chi connectivity index (χ2n) is 7.75. The van der Waals surface area contributed by atoms with E-state index in [4.69, 9.17) is 4.98 Å². The molecule has 0 spiro atoms. The number of aromatic nitrogens is 1. The van der Waals surface area contributed by atoms with Crippen molar-refractivity contribution in [1.82, 2.24) is 15.2 Å². The Kier molecular flexibility index (Phi) is 13.9. The van der Waals surface area contributed by atoms with Crippen molar-refractivity contribution in [3.8, 4) is 0 Å². The minimum Gasteiger partial charge on any atom is -0.368 e. The number of nitrogens with zero attached hydrogens (tertiary/aromatic N) is 4. The van der Waals surface area contributed by atoms with Crippen molar-refractivity contribution >= 4 is 28.9 Å². The fourth-order valence-corrected chi connectivity index (χ4v) is 5.05. The largest absolute Gasteiger partial charge is 0.368 e. The topological polar surface area (TPSA) is 83.7 Å². The molecule has 9 heteroatoms. The Bertz CT molecular complexity index is 649. The van der Waals surface area contributed by atoms with Crippen molar-refractivity contribution in [2.75, 3.05) is 38.5 Å². The van der Waals surface area contributed by atoms with Gasteiger partial charge >= 0.3 is 0 Å². The molecule has 0 unspecified atom stereocenters. The van der Waals surface area contributed by atoms with E-state index in [0.29, 0.717) is 24.8 Å². The molecule has 7 nitrogen and oxygen atoms in total. The van der Waals surface area contributed by atoms with E-state index in [9.17, 15) is 10.1 Å². The molecule has 0 atom stereocenters. The molecule has 0 fully saturated rings. The number of hydrogen-bond acceptors (Lipinski definition) is 7. The van der Waals surface area contributed by atoms with Gasteiger partial charge in [0.25, 0.3) is 6.54 Å². The van der Waals surface area contributed by atoms with Gasteiger partial charge < -0.3 is 5.32 Å². The number of hydrogen-bond donors (Lipinski definition) is 1. The van der Waals surface area contributed by atoms with Gasteiger partial charge in [0.15, 0.2) is 5.84 Å². The standard InChI is InChI=1S/C21H39N5O2S2/c1-6-9-19-18(24-21(30-19)15-25(8-3)11-7-2)16-29-12-10-22-20(14-26(27)28)23-13-17(4)5/h17H,6-16H2,1-5H3,(H,22,23). The van der Waals surface area contributed by atoms with Crippen LogP contribution >= 0.6 is 23.1 Å². The maximum Gasteiger partial charge on any atom is 0.259 e. The molecule has 1 N–H and O–H groups in total. The van der Waals surface area contributed by atoms with Crippen LogP contribution in [0.2, 0.25) is 0 Å². The molecule has 0 amide bonds. The maximum atomic E-state index is 10.8. The van der Waals surface area contributed by atoms with E-state index in [-0.39, 0.29) is 11.5 Å². The molecular weight excluding hydrogens is 418 g/mol. The fraction of sp³-hybridized carbons (Fsp3) is 0.810. The van der Waals surface area contributed by atoms with Crippen LogP contribution in [-0.4, -0.2) is 59.1 Å². The van der Waals surface area contributed by atoms with Crippen LogP contribution in [0.15, 0.2) is 4.99 Å². The van der Waals surface area contributed by atoms with E-state index in [1.807, 2.05) is 23.1 Å². The van der Waals surface area contributed by atoms with Gasteiger partial charge in [0, 0.05) is 34.4 Å². The van der Waals surface area contributed by atoms with E-state index in [1.165, 1.54) is 15.6 Å². The predicted octanol–water partition coefficient (Wildman–Crippen LogP) is 4.48. The SMILES string of the molecule is CCCc1sc(CN(CC)CCC)nc1CSCCNC(C[N+](=O)[O-])=NCC(C)C. The molecule has 0 aliphatic rings. The van der Waals surface area contributed by atoms with Gasteiger partial charge in [-0.1, -0.05) is 41.0 Å². The van der Waals surface area contributed by atoms with Gasteiger partial charge in [0.1, 0.15) is 5.01 Å². The number of rotatable bonds is 16. The lowest BCUT2D eigenvalue weighted by Crippen LogP contribution is -2.32. The Labute approximate surface area is 190 Å². The Hall–Kier alpha value is -1.19. The highest BCUT2D eigenvalue weighted by molar-refractivity contribution is 7.98. The van der Waals surface area contributed by atoms with Crippen molar-refractivity contribution in [3.05, 3.63) is 25.7 Å². The molecule has 1 heterocycles. The van der Waals surface area contributed by atoms with E-state index in [1.54, 1.807) is 0 Å². The van der Waals surface area contributed by atoms with Crippen molar-refractivity contribution < 1.29 is 4.92 Å². The number of amidine groups is 1. The zero-order valence-corrected chi connectivity index (χ0v) is 20.9. The lowest BCUT2D eigenvalue weighted by molar-refractivity contribution is -0.463. The summed E-state index contributed by atoms with van der Waals surface area (Å²) in [5.74, 6) is 2.63. The summed E-state index contributed by atoms with van der Waals surface area (Å²) in [4.78, 5) is 23.7. The summed E-state index contributed by atoms with van der Waals surface area (Å²) < 4.78 is 0. The van der Waals surface area contributed by atoms with Crippen LogP contribution < -0.4 is 5.32 Å². The van der Waals surface area contributed by atoms with Crippen LogP contribution in [0.3, 0.4) is 0 Å². The lowest BCUT2D eigenvalue weighted by Gasteiger charge is -2.17. The molecule has 0 saturated carbocycles. The van der Waals surface area contributed by atoms with Gasteiger partial charge in [0.05, 0.1) is 12.2 Å². The molecule has 0 radical (unpaired) electrons. The van der Waals surface area contributed by atoms with Crippen molar-refractivity contribution in [2.45, 2.75) is 66.2 Å². The summed E-state index contributed by atoms with van der Waals surface area (Å²) in [5.41, 5.74) is 1.22. The van der Waals surface area contributed by atoms with Crippen LogP contribution in [0.1, 0.15) is 63.0 Å². The molecule has 0 saturated heterocycles. The smallest absolute Gasteiger partial charge is 0.259 e. The summed E-state index contributed by atoms with van der Waals surface area (Å²) in [6, 6.07) is 0. The van der Waals surface area contributed by atoms with E-state index in [0.717, 1.165) is 50.4 Å². The van der Waals surface area contributed by atoms with E-state index in [2.05, 4.69) is 49.8 Å². The minimum absolute atomic E-state index is 0.237. The van der Waals surface area contributed by atoms with Gasteiger partial charge in [-0.05, 0) is 31.8 Å². The van der Waals surface area contributed by atoms with E-state index < -0.39 is 0 Å². The van der Waals surface area contributed by atoms with Crippen molar-refractivity contribution in [1.29, 1.82) is 0 Å². The van der Waals surface area contributed by atoms with Gasteiger partial charge in [-0.3, -0.25) is 20.0 Å². The van der Waals surface area contributed by atoms with Crippen LogP contribution in [0.5, 0.6) is 0 Å². The third-order valence-corrected chi connectivity index (χ3v) is 6.50. The highest BCUT2D eigenvalue weighted by atomic mass is 32.2. The maximum absolute atomic E-state index is 10.8. The Morgan fingerprint density at radius 1 is 1.33 bits per heavy atom. The molecule has 172 valence electrons. The zero-order chi connectivity index (χ0) is 22.4. The minimum atomic E-state index is -0.328. The number of thiazole rings is 1. The molecule has 0 aliphatic carbocycles. The Balaban J connectivity index is 2.55. The average Bonchev–Trinajstić information content (AvgIpc) is 3.06. The first kappa shape index (κ1) is 26.8. The van der Waals surface area contributed by atoms with Gasteiger partial charge in [0.2, 0.25) is 0 Å². The summed E-state index contributed by atoms with van der Waals surface area (Å²) in [6.07, 6.45) is 3.38. The quantitative estimate of drug-likeness (QED) is 0.130. The number of nitrogens with one attached hydrogen (secondary N) is 1. The van der Waals surface area contributed by atoms with Crippen LogP contribution in [0.4, 0.5) is 0 Å². The van der Waals surface area contributed by atoms with Crippen molar-refractivity contribution in [2.24, 2.45) is 10.9 Å². The number of aryl methyl sites for hydroxylation is 1. The molecule has 0 aromatic carbocycles. The first-order valence-electron chi connectivity index (χ1n) is 11.1. The normalized spacial score (nSPS) is 12.2. The summed E-state index contributed by atoms with van der Waals surface area (Å²) >= 11 is 3.69. The van der Waals surface area contributed by atoms with Crippen LogP contribution in [0.25, 0.3) is 0 Å². The summed E-state index contributed by atoms with van der Waals surface area (Å²) in [7, 11) is 0.